The zero-order valence-electron chi connectivity index (χ0n) is 14.2. The Bertz CT molecular complexity index is 913. The van der Waals surface area contributed by atoms with Crippen LogP contribution < -0.4 is 14.4 Å². The quantitative estimate of drug-likeness (QED) is 0.863. The van der Waals surface area contributed by atoms with Crippen molar-refractivity contribution in [1.82, 2.24) is 0 Å². The van der Waals surface area contributed by atoms with E-state index in [1.807, 2.05) is 6.07 Å². The van der Waals surface area contributed by atoms with Gasteiger partial charge in [-0.05, 0) is 18.2 Å². The summed E-state index contributed by atoms with van der Waals surface area (Å²) >= 11 is 0. The molecule has 1 aliphatic rings. The maximum absolute atomic E-state index is 12.3. The SMILES string of the molecule is COc1cc2c(cc1OC)N(C)C(=O)CN=C2c1cccc(C#N)c1. The molecule has 3 rings (SSSR count). The minimum absolute atomic E-state index is 0.0297. The van der Waals surface area contributed by atoms with Crippen molar-refractivity contribution < 1.29 is 14.3 Å². The lowest BCUT2D eigenvalue weighted by molar-refractivity contribution is -0.116. The first-order chi connectivity index (χ1) is 12.1. The second-order valence-corrected chi connectivity index (χ2v) is 5.53. The standard InChI is InChI=1S/C19H17N3O3/c1-22-15-9-17(25-3)16(24-2)8-14(15)19(21-11-18(22)23)13-6-4-5-12(7-13)10-20/h4-9H,11H2,1-3H3. The molecule has 0 saturated heterocycles. The van der Waals surface area contributed by atoms with E-state index in [-0.39, 0.29) is 12.5 Å². The zero-order valence-corrected chi connectivity index (χ0v) is 14.2. The third-order valence-electron chi connectivity index (χ3n) is 4.13. The molecular weight excluding hydrogens is 318 g/mol. The topological polar surface area (TPSA) is 74.9 Å². The summed E-state index contributed by atoms with van der Waals surface area (Å²) < 4.78 is 10.8. The van der Waals surface area contributed by atoms with E-state index in [4.69, 9.17) is 14.7 Å². The van der Waals surface area contributed by atoms with Gasteiger partial charge >= 0.3 is 0 Å². The van der Waals surface area contributed by atoms with Crippen LogP contribution in [-0.2, 0) is 4.79 Å². The lowest BCUT2D eigenvalue weighted by Crippen LogP contribution is -2.27. The van der Waals surface area contributed by atoms with E-state index in [2.05, 4.69) is 11.1 Å². The predicted octanol–water partition coefficient (Wildman–Crippen LogP) is 2.39. The van der Waals surface area contributed by atoms with Gasteiger partial charge in [-0.15, -0.1) is 0 Å². The number of likely N-dealkylation sites (N-methyl/N-ethyl adjacent to an activating group) is 1. The first-order valence-electron chi connectivity index (χ1n) is 7.67. The Labute approximate surface area is 145 Å². The lowest BCUT2D eigenvalue weighted by Gasteiger charge is -2.20. The fourth-order valence-corrected chi connectivity index (χ4v) is 2.79. The summed E-state index contributed by atoms with van der Waals surface area (Å²) in [5.41, 5.74) is 3.38. The molecule has 0 N–H and O–H groups in total. The van der Waals surface area contributed by atoms with Crippen LogP contribution in [-0.4, -0.2) is 39.4 Å². The number of anilines is 1. The largest absolute Gasteiger partial charge is 0.493 e. The number of carbonyl (C=O) groups excluding carboxylic acids is 1. The van der Waals surface area contributed by atoms with Crippen LogP contribution in [0.25, 0.3) is 0 Å². The zero-order chi connectivity index (χ0) is 18.0. The van der Waals surface area contributed by atoms with Crippen molar-refractivity contribution in [1.29, 1.82) is 5.26 Å². The van der Waals surface area contributed by atoms with Crippen molar-refractivity contribution in [2.45, 2.75) is 0 Å². The van der Waals surface area contributed by atoms with Gasteiger partial charge in [0, 0.05) is 24.2 Å². The molecule has 0 saturated carbocycles. The Morgan fingerprint density at radius 3 is 2.56 bits per heavy atom. The number of benzene rings is 2. The molecule has 0 fully saturated rings. The molecule has 0 bridgehead atoms. The van der Waals surface area contributed by atoms with Crippen molar-refractivity contribution in [3.8, 4) is 17.6 Å². The van der Waals surface area contributed by atoms with E-state index in [0.29, 0.717) is 28.5 Å². The summed E-state index contributed by atoms with van der Waals surface area (Å²) in [5, 5.41) is 9.16. The molecular formula is C19H17N3O3. The molecule has 1 heterocycles. The highest BCUT2D eigenvalue weighted by Crippen LogP contribution is 2.37. The lowest BCUT2D eigenvalue weighted by atomic mass is 9.98. The van der Waals surface area contributed by atoms with E-state index < -0.39 is 0 Å². The summed E-state index contributed by atoms with van der Waals surface area (Å²) in [7, 11) is 4.81. The van der Waals surface area contributed by atoms with Gasteiger partial charge in [-0.2, -0.15) is 5.26 Å². The molecule has 0 unspecified atom stereocenters. The Balaban J connectivity index is 2.26. The van der Waals surface area contributed by atoms with Crippen LogP contribution in [0.15, 0.2) is 41.4 Å². The van der Waals surface area contributed by atoms with Crippen LogP contribution >= 0.6 is 0 Å². The van der Waals surface area contributed by atoms with E-state index in [1.54, 1.807) is 56.5 Å². The highest BCUT2D eigenvalue weighted by atomic mass is 16.5. The van der Waals surface area contributed by atoms with Crippen LogP contribution in [0.3, 0.4) is 0 Å². The minimum atomic E-state index is -0.125. The highest BCUT2D eigenvalue weighted by molar-refractivity contribution is 6.20. The van der Waals surface area contributed by atoms with Gasteiger partial charge in [0.1, 0.15) is 6.54 Å². The van der Waals surface area contributed by atoms with Crippen LogP contribution in [0.4, 0.5) is 5.69 Å². The molecule has 0 aliphatic carbocycles. The number of ether oxygens (including phenoxy) is 2. The highest BCUT2D eigenvalue weighted by Gasteiger charge is 2.25. The first-order valence-corrected chi connectivity index (χ1v) is 7.67. The van der Waals surface area contributed by atoms with Crippen molar-refractivity contribution in [3.63, 3.8) is 0 Å². The van der Waals surface area contributed by atoms with E-state index in [1.165, 1.54) is 0 Å². The molecule has 1 aliphatic heterocycles. The van der Waals surface area contributed by atoms with Crippen LogP contribution in [0.1, 0.15) is 16.7 Å². The Morgan fingerprint density at radius 2 is 1.88 bits per heavy atom. The fourth-order valence-electron chi connectivity index (χ4n) is 2.79. The molecule has 126 valence electrons. The second-order valence-electron chi connectivity index (χ2n) is 5.53. The molecule has 1 amide bonds. The second kappa shape index (κ2) is 6.65. The number of hydrogen-bond acceptors (Lipinski definition) is 5. The summed E-state index contributed by atoms with van der Waals surface area (Å²) in [5.74, 6) is 0.959. The monoisotopic (exact) mass is 335 g/mol. The number of benzodiazepines with no additional fused rings is 1. The van der Waals surface area contributed by atoms with Gasteiger partial charge in [0.15, 0.2) is 11.5 Å². The number of nitrogens with zero attached hydrogens (tertiary/aromatic N) is 3. The summed E-state index contributed by atoms with van der Waals surface area (Å²) in [4.78, 5) is 18.4. The summed E-state index contributed by atoms with van der Waals surface area (Å²) in [6.45, 7) is 0.0297. The van der Waals surface area contributed by atoms with Crippen molar-refractivity contribution in [2.24, 2.45) is 4.99 Å². The van der Waals surface area contributed by atoms with Gasteiger partial charge in [0.05, 0.1) is 37.3 Å². The number of aliphatic imine (C=N–C) groups is 1. The molecule has 6 heteroatoms. The Hall–Kier alpha value is -3.33. The number of hydrogen-bond donors (Lipinski definition) is 0. The smallest absolute Gasteiger partial charge is 0.248 e. The molecule has 6 nitrogen and oxygen atoms in total. The number of methoxy groups -OCH3 is 2. The van der Waals surface area contributed by atoms with Gasteiger partial charge in [-0.1, -0.05) is 12.1 Å². The third-order valence-corrected chi connectivity index (χ3v) is 4.13. The molecule has 0 atom stereocenters. The maximum Gasteiger partial charge on any atom is 0.248 e. The van der Waals surface area contributed by atoms with Crippen molar-refractivity contribution >= 4 is 17.3 Å². The van der Waals surface area contributed by atoms with Crippen LogP contribution in [0.5, 0.6) is 11.5 Å². The van der Waals surface area contributed by atoms with Gasteiger partial charge in [0.25, 0.3) is 0 Å². The Morgan fingerprint density at radius 1 is 1.16 bits per heavy atom. The number of amides is 1. The summed E-state index contributed by atoms with van der Waals surface area (Å²) in [6, 6.07) is 12.9. The summed E-state index contributed by atoms with van der Waals surface area (Å²) in [6.07, 6.45) is 0. The van der Waals surface area contributed by atoms with Gasteiger partial charge < -0.3 is 14.4 Å². The fraction of sp³-hybridized carbons (Fsp3) is 0.211. The van der Waals surface area contributed by atoms with Gasteiger partial charge in [-0.3, -0.25) is 9.79 Å². The normalized spacial score (nSPS) is 13.4. The number of nitriles is 1. The van der Waals surface area contributed by atoms with Crippen molar-refractivity contribution in [2.75, 3.05) is 32.7 Å². The molecule has 25 heavy (non-hydrogen) atoms. The van der Waals surface area contributed by atoms with Gasteiger partial charge in [-0.25, -0.2) is 0 Å². The van der Waals surface area contributed by atoms with Crippen molar-refractivity contribution in [3.05, 3.63) is 53.1 Å². The average Bonchev–Trinajstić information content (AvgIpc) is 2.77. The molecule has 0 spiro atoms. The van der Waals surface area contributed by atoms with E-state index in [9.17, 15) is 4.79 Å². The number of carbonyl (C=O) groups is 1. The van der Waals surface area contributed by atoms with Gasteiger partial charge in [0.2, 0.25) is 5.91 Å². The molecule has 0 radical (unpaired) electrons. The molecule has 2 aromatic rings. The Kier molecular flexibility index (Phi) is 4.40. The first kappa shape index (κ1) is 16.5. The van der Waals surface area contributed by atoms with E-state index >= 15 is 0 Å². The van der Waals surface area contributed by atoms with E-state index in [0.717, 1.165) is 11.1 Å². The van der Waals surface area contributed by atoms with Crippen LogP contribution in [0.2, 0.25) is 0 Å². The minimum Gasteiger partial charge on any atom is -0.493 e. The predicted molar refractivity (Wildman–Crippen MR) is 94.6 cm³/mol. The number of fused-ring (bicyclic) bond motifs is 1. The average molecular weight is 335 g/mol. The number of rotatable bonds is 3. The molecule has 2 aromatic carbocycles. The van der Waals surface area contributed by atoms with Crippen LogP contribution in [0, 0.1) is 11.3 Å². The maximum atomic E-state index is 12.3. The third kappa shape index (κ3) is 2.92. The molecule has 0 aromatic heterocycles.